The number of aryl methyl sites for hydroxylation is 1. The van der Waals surface area contributed by atoms with E-state index in [0.717, 1.165) is 6.07 Å². The van der Waals surface area contributed by atoms with E-state index in [-0.39, 0.29) is 18.4 Å². The number of amides is 1. The van der Waals surface area contributed by atoms with Gasteiger partial charge in [-0.3, -0.25) is 14.5 Å². The lowest BCUT2D eigenvalue weighted by molar-refractivity contribution is -0.141. The summed E-state index contributed by atoms with van der Waals surface area (Å²) < 4.78 is 39.6. The number of likely N-dealkylation sites (N-methyl/N-ethyl adjacent to an activating group) is 1. The first-order valence-corrected chi connectivity index (χ1v) is 10.3. The van der Waals surface area contributed by atoms with Crippen molar-refractivity contribution in [2.75, 3.05) is 22.6 Å². The van der Waals surface area contributed by atoms with E-state index >= 15 is 0 Å². The van der Waals surface area contributed by atoms with Crippen molar-refractivity contribution in [1.82, 2.24) is 24.7 Å². The van der Waals surface area contributed by atoms with Crippen molar-refractivity contribution in [2.45, 2.75) is 38.7 Å². The van der Waals surface area contributed by atoms with Gasteiger partial charge in [-0.25, -0.2) is 4.98 Å². The molecule has 1 amide bonds. The van der Waals surface area contributed by atoms with Crippen LogP contribution in [0.3, 0.4) is 0 Å². The predicted molar refractivity (Wildman–Crippen MR) is 119 cm³/mol. The molecule has 3 aromatic heterocycles. The van der Waals surface area contributed by atoms with E-state index in [4.69, 9.17) is 6.42 Å². The fraction of sp³-hybridized carbons (Fsp3) is 0.318. The molecule has 1 aliphatic heterocycles. The maximum absolute atomic E-state index is 12.7. The highest BCUT2D eigenvalue weighted by Gasteiger charge is 2.32. The lowest BCUT2D eigenvalue weighted by Gasteiger charge is -2.32. The Morgan fingerprint density at radius 3 is 2.71 bits per heavy atom. The van der Waals surface area contributed by atoms with E-state index in [2.05, 4.69) is 36.6 Å². The number of hydrogen-bond acceptors (Lipinski definition) is 7. The van der Waals surface area contributed by atoms with Gasteiger partial charge in [-0.1, -0.05) is 12.0 Å². The van der Waals surface area contributed by atoms with Gasteiger partial charge in [0.05, 0.1) is 18.4 Å². The van der Waals surface area contributed by atoms with Gasteiger partial charge in [-0.05, 0) is 25.5 Å². The van der Waals surface area contributed by atoms with Gasteiger partial charge in [0, 0.05) is 25.0 Å². The zero-order valence-corrected chi connectivity index (χ0v) is 18.6. The van der Waals surface area contributed by atoms with Crippen LogP contribution >= 0.6 is 0 Å². The van der Waals surface area contributed by atoms with E-state index < -0.39 is 24.0 Å². The van der Waals surface area contributed by atoms with Crippen LogP contribution in [0.1, 0.15) is 35.5 Å². The van der Waals surface area contributed by atoms with Gasteiger partial charge in [0.15, 0.2) is 5.82 Å². The molecule has 9 nitrogen and oxygen atoms in total. The third-order valence-corrected chi connectivity index (χ3v) is 5.50. The molecule has 176 valence electrons. The fourth-order valence-electron chi connectivity index (χ4n) is 3.45. The Morgan fingerprint density at radius 2 is 2.06 bits per heavy atom. The molecule has 34 heavy (non-hydrogen) atoms. The quantitative estimate of drug-likeness (QED) is 0.553. The van der Waals surface area contributed by atoms with Gasteiger partial charge >= 0.3 is 6.18 Å². The molecule has 4 rings (SSSR count). The van der Waals surface area contributed by atoms with Gasteiger partial charge in [0.25, 0.3) is 0 Å². The van der Waals surface area contributed by atoms with Gasteiger partial charge in [0.2, 0.25) is 11.9 Å². The van der Waals surface area contributed by atoms with Crippen LogP contribution < -0.4 is 15.5 Å². The van der Waals surface area contributed by atoms with E-state index in [9.17, 15) is 18.0 Å². The molecule has 0 unspecified atom stereocenters. The molecule has 0 saturated heterocycles. The van der Waals surface area contributed by atoms with Crippen LogP contribution in [0, 0.1) is 19.3 Å². The third-order valence-electron chi connectivity index (χ3n) is 5.50. The monoisotopic (exact) mass is 470 g/mol. The maximum Gasteiger partial charge on any atom is 0.433 e. The number of carbonyl (C=O) groups excluding carboxylic acids is 1. The summed E-state index contributed by atoms with van der Waals surface area (Å²) in [6.07, 6.45) is 5.66. The Hall–Kier alpha value is -4.14. The SMILES string of the molecule is C#C[C@@H](Nc1nc(C)c2c(n1)N(C)[C@@H](C)C(=O)N2)c1cnn(Cc2ccc(C(F)(F)F)nc2)c1. The van der Waals surface area contributed by atoms with Gasteiger partial charge in [-0.15, -0.1) is 6.42 Å². The summed E-state index contributed by atoms with van der Waals surface area (Å²) in [6, 6.07) is 1.28. The first kappa shape index (κ1) is 23.0. The van der Waals surface area contributed by atoms with Crippen LogP contribution in [-0.4, -0.2) is 43.7 Å². The number of pyridine rings is 1. The van der Waals surface area contributed by atoms with Gasteiger partial charge in [0.1, 0.15) is 23.5 Å². The molecule has 0 aliphatic carbocycles. The maximum atomic E-state index is 12.7. The first-order chi connectivity index (χ1) is 16.1. The molecule has 0 radical (unpaired) electrons. The molecule has 0 fully saturated rings. The third kappa shape index (κ3) is 4.50. The highest BCUT2D eigenvalue weighted by molar-refractivity contribution is 6.03. The Balaban J connectivity index is 1.51. The van der Waals surface area contributed by atoms with E-state index in [1.54, 1.807) is 42.9 Å². The molecule has 12 heteroatoms. The fourth-order valence-corrected chi connectivity index (χ4v) is 3.45. The van der Waals surface area contributed by atoms with Crippen molar-refractivity contribution in [3.8, 4) is 12.3 Å². The number of nitrogens with one attached hydrogen (secondary N) is 2. The number of aromatic nitrogens is 5. The second kappa shape index (κ2) is 8.66. The Bertz CT molecular complexity index is 1260. The molecule has 0 spiro atoms. The zero-order valence-electron chi connectivity index (χ0n) is 18.6. The lowest BCUT2D eigenvalue weighted by Crippen LogP contribution is -2.44. The van der Waals surface area contributed by atoms with E-state index in [1.165, 1.54) is 12.3 Å². The number of carbonyl (C=O) groups is 1. The van der Waals surface area contributed by atoms with E-state index in [0.29, 0.717) is 28.3 Å². The standard InChI is InChI=1S/C22H21F3N8O/c1-5-16(29-21-28-12(2)18-19(31-21)32(4)13(3)20(34)30-18)15-9-27-33(11-15)10-14-6-7-17(26-8-14)22(23,24)25/h1,6-9,11,13,16H,10H2,2-4H3,(H,30,34)(H,28,29,31)/t13-,16+/m0/s1. The molecular weight excluding hydrogens is 449 g/mol. The largest absolute Gasteiger partial charge is 0.433 e. The molecule has 1 aliphatic rings. The second-order valence-corrected chi connectivity index (χ2v) is 7.87. The average Bonchev–Trinajstić information content (AvgIpc) is 3.25. The molecule has 0 bridgehead atoms. The number of rotatable bonds is 5. The number of terminal acetylenes is 1. The summed E-state index contributed by atoms with van der Waals surface area (Å²) in [6.45, 7) is 3.75. The minimum absolute atomic E-state index is 0.139. The Kier molecular flexibility index (Phi) is 5.87. The normalized spacial score (nSPS) is 16.4. The lowest BCUT2D eigenvalue weighted by atomic mass is 10.1. The molecule has 0 aromatic carbocycles. The molecule has 2 N–H and O–H groups in total. The van der Waals surface area contributed by atoms with Crippen molar-refractivity contribution >= 4 is 23.4 Å². The van der Waals surface area contributed by atoms with Crippen LogP contribution in [-0.2, 0) is 17.5 Å². The van der Waals surface area contributed by atoms with E-state index in [1.807, 2.05) is 0 Å². The van der Waals surface area contributed by atoms with Crippen molar-refractivity contribution < 1.29 is 18.0 Å². The molecule has 2 atom stereocenters. The molecule has 4 heterocycles. The van der Waals surface area contributed by atoms with Crippen LogP contribution in [0.2, 0.25) is 0 Å². The molecule has 0 saturated carbocycles. The minimum atomic E-state index is -4.49. The van der Waals surface area contributed by atoms with Crippen molar-refractivity contribution in [3.05, 3.63) is 53.2 Å². The predicted octanol–water partition coefficient (Wildman–Crippen LogP) is 3.01. The first-order valence-electron chi connectivity index (χ1n) is 10.3. The van der Waals surface area contributed by atoms with Crippen LogP contribution in [0.25, 0.3) is 0 Å². The summed E-state index contributed by atoms with van der Waals surface area (Å²) in [5, 5.41) is 10.2. The summed E-state index contributed by atoms with van der Waals surface area (Å²) in [7, 11) is 1.78. The Labute approximate surface area is 193 Å². The van der Waals surface area contributed by atoms with Crippen molar-refractivity contribution in [2.24, 2.45) is 0 Å². The van der Waals surface area contributed by atoms with Crippen molar-refractivity contribution in [1.29, 1.82) is 0 Å². The highest BCUT2D eigenvalue weighted by atomic mass is 19.4. The summed E-state index contributed by atoms with van der Waals surface area (Å²) in [5.74, 6) is 3.35. The van der Waals surface area contributed by atoms with Gasteiger partial charge < -0.3 is 15.5 Å². The summed E-state index contributed by atoms with van der Waals surface area (Å²) in [5.41, 5.74) is 1.39. The number of nitrogens with zero attached hydrogens (tertiary/aromatic N) is 6. The highest BCUT2D eigenvalue weighted by Crippen LogP contribution is 2.33. The summed E-state index contributed by atoms with van der Waals surface area (Å²) in [4.78, 5) is 26.2. The molecule has 3 aromatic rings. The number of hydrogen-bond donors (Lipinski definition) is 2. The number of fused-ring (bicyclic) bond motifs is 1. The van der Waals surface area contributed by atoms with Gasteiger partial charge in [-0.2, -0.15) is 23.3 Å². The summed E-state index contributed by atoms with van der Waals surface area (Å²) >= 11 is 0. The topological polar surface area (TPSA) is 101 Å². The van der Waals surface area contributed by atoms with Crippen LogP contribution in [0.5, 0.6) is 0 Å². The average molecular weight is 470 g/mol. The Morgan fingerprint density at radius 1 is 1.29 bits per heavy atom. The second-order valence-electron chi connectivity index (χ2n) is 7.87. The van der Waals surface area contributed by atoms with Crippen molar-refractivity contribution in [3.63, 3.8) is 0 Å². The minimum Gasteiger partial charge on any atom is -0.346 e. The van der Waals surface area contributed by atoms with Crippen LogP contribution in [0.4, 0.5) is 30.6 Å². The number of halogens is 3. The number of alkyl halides is 3. The molecular formula is C22H21F3N8O. The number of anilines is 3. The smallest absolute Gasteiger partial charge is 0.346 e. The zero-order chi connectivity index (χ0) is 24.6. The van der Waals surface area contributed by atoms with Crippen LogP contribution in [0.15, 0.2) is 30.7 Å².